The van der Waals surface area contributed by atoms with Gasteiger partial charge in [-0.15, -0.1) is 0 Å². The lowest BCUT2D eigenvalue weighted by molar-refractivity contribution is -0.0515. The summed E-state index contributed by atoms with van der Waals surface area (Å²) >= 11 is 0. The summed E-state index contributed by atoms with van der Waals surface area (Å²) in [6.45, 7) is -2.59. The molecule has 0 aliphatic heterocycles. The first-order valence-corrected chi connectivity index (χ1v) is 7.61. The van der Waals surface area contributed by atoms with Crippen molar-refractivity contribution in [2.75, 3.05) is 6.61 Å². The van der Waals surface area contributed by atoms with E-state index in [-0.39, 0.29) is 22.8 Å². The zero-order chi connectivity index (χ0) is 18.0. The zero-order valence-corrected chi connectivity index (χ0v) is 13.0. The molecule has 6 nitrogen and oxygen atoms in total. The molecule has 0 atom stereocenters. The van der Waals surface area contributed by atoms with E-state index in [1.54, 1.807) is 0 Å². The van der Waals surface area contributed by atoms with E-state index in [4.69, 9.17) is 9.84 Å². The minimum absolute atomic E-state index is 0.0733. The van der Waals surface area contributed by atoms with E-state index in [1.165, 1.54) is 24.3 Å². The van der Waals surface area contributed by atoms with Gasteiger partial charge in [0.1, 0.15) is 0 Å². The van der Waals surface area contributed by atoms with Crippen LogP contribution in [0.1, 0.15) is 33.7 Å². The lowest BCUT2D eigenvalue weighted by Gasteiger charge is -2.13. The Bertz CT molecular complexity index is 798. The van der Waals surface area contributed by atoms with E-state index in [2.05, 4.69) is 9.72 Å². The Morgan fingerprint density at radius 1 is 1.32 bits per heavy atom. The first-order chi connectivity index (χ1) is 12.0. The second-order valence-corrected chi connectivity index (χ2v) is 5.73. The second-order valence-electron chi connectivity index (χ2n) is 5.73. The van der Waals surface area contributed by atoms with Crippen LogP contribution < -0.4 is 9.47 Å². The number of ether oxygens (including phenoxy) is 2. The van der Waals surface area contributed by atoms with Crippen molar-refractivity contribution in [1.29, 1.82) is 0 Å². The fourth-order valence-electron chi connectivity index (χ4n) is 2.37. The van der Waals surface area contributed by atoms with Gasteiger partial charge in [-0.2, -0.15) is 8.78 Å². The third-order valence-electron chi connectivity index (χ3n) is 3.84. The van der Waals surface area contributed by atoms with Crippen LogP contribution >= 0.6 is 0 Å². The predicted octanol–water partition coefficient (Wildman–Crippen LogP) is 3.58. The number of nitrogens with one attached hydrogen (secondary N) is 1. The van der Waals surface area contributed by atoms with Gasteiger partial charge in [0.25, 0.3) is 0 Å². The van der Waals surface area contributed by atoms with Crippen molar-refractivity contribution < 1.29 is 33.0 Å². The molecule has 1 aliphatic carbocycles. The number of H-pyrrole nitrogens is 1. The van der Waals surface area contributed by atoms with Crippen LogP contribution in [0.3, 0.4) is 0 Å². The smallest absolute Gasteiger partial charge is 0.387 e. The molecule has 0 saturated heterocycles. The van der Waals surface area contributed by atoms with E-state index >= 15 is 0 Å². The van der Waals surface area contributed by atoms with Crippen molar-refractivity contribution in [3.8, 4) is 22.8 Å². The van der Waals surface area contributed by atoms with Gasteiger partial charge in [0.05, 0.1) is 17.9 Å². The Morgan fingerprint density at radius 2 is 2.08 bits per heavy atom. The highest BCUT2D eigenvalue weighted by atomic mass is 19.3. The molecule has 0 amide bonds. The Labute approximate surface area is 141 Å². The maximum atomic E-state index is 12.5. The zero-order valence-electron chi connectivity index (χ0n) is 13.0. The number of aromatic amines is 1. The van der Waals surface area contributed by atoms with Gasteiger partial charge in [-0.3, -0.25) is 4.79 Å². The Balaban J connectivity index is 1.94. The molecule has 0 unspecified atom stereocenters. The molecule has 2 N–H and O–H groups in total. The van der Waals surface area contributed by atoms with Crippen molar-refractivity contribution in [3.05, 3.63) is 35.5 Å². The van der Waals surface area contributed by atoms with Gasteiger partial charge in [-0.05, 0) is 43.0 Å². The molecule has 1 fully saturated rings. The molecule has 1 aliphatic rings. The number of hydrogen-bond acceptors (Lipinski definition) is 4. The molecule has 8 heteroatoms. The number of aromatic nitrogens is 1. The quantitative estimate of drug-likeness (QED) is 0.710. The minimum atomic E-state index is -2.99. The SMILES string of the molecule is O=Cc1[nH]c(-c2ccc(OC(F)F)c(OCC3CC3)c2)cc1C(=O)O. The van der Waals surface area contributed by atoms with Crippen LogP contribution in [0, 0.1) is 5.92 Å². The van der Waals surface area contributed by atoms with Crippen molar-refractivity contribution in [3.63, 3.8) is 0 Å². The highest BCUT2D eigenvalue weighted by Crippen LogP contribution is 2.36. The normalized spacial score (nSPS) is 13.7. The molecule has 132 valence electrons. The number of benzene rings is 1. The fraction of sp³-hybridized carbons (Fsp3) is 0.294. The maximum Gasteiger partial charge on any atom is 0.387 e. The second kappa shape index (κ2) is 6.92. The largest absolute Gasteiger partial charge is 0.489 e. The summed E-state index contributed by atoms with van der Waals surface area (Å²) in [7, 11) is 0. The van der Waals surface area contributed by atoms with E-state index in [0.29, 0.717) is 30.1 Å². The number of rotatable bonds is 8. The van der Waals surface area contributed by atoms with Crippen molar-refractivity contribution in [1.82, 2.24) is 4.98 Å². The summed E-state index contributed by atoms with van der Waals surface area (Å²) in [6, 6.07) is 5.59. The molecule has 2 aromatic rings. The summed E-state index contributed by atoms with van der Waals surface area (Å²) < 4.78 is 35.1. The van der Waals surface area contributed by atoms with E-state index in [1.807, 2.05) is 0 Å². The number of aldehydes is 1. The molecule has 1 heterocycles. The van der Waals surface area contributed by atoms with Gasteiger partial charge in [0.2, 0.25) is 0 Å². The number of halogens is 2. The fourth-order valence-corrected chi connectivity index (χ4v) is 2.37. The van der Waals surface area contributed by atoms with Crippen LogP contribution in [0.2, 0.25) is 0 Å². The van der Waals surface area contributed by atoms with Crippen molar-refractivity contribution >= 4 is 12.3 Å². The predicted molar refractivity (Wildman–Crippen MR) is 83.4 cm³/mol. The molecule has 3 rings (SSSR count). The Hall–Kier alpha value is -2.90. The molecule has 1 saturated carbocycles. The lowest BCUT2D eigenvalue weighted by Crippen LogP contribution is -2.06. The molecular weight excluding hydrogens is 336 g/mol. The third kappa shape index (κ3) is 3.96. The summed E-state index contributed by atoms with van der Waals surface area (Å²) in [4.78, 5) is 24.8. The average molecular weight is 351 g/mol. The lowest BCUT2D eigenvalue weighted by atomic mass is 10.1. The van der Waals surface area contributed by atoms with Gasteiger partial charge >= 0.3 is 12.6 Å². The number of carboxylic acids is 1. The molecular formula is C17H15F2NO5. The topological polar surface area (TPSA) is 88.6 Å². The minimum Gasteiger partial charge on any atom is -0.489 e. The number of aromatic carboxylic acids is 1. The average Bonchev–Trinajstić information content (AvgIpc) is 3.29. The Kier molecular flexibility index (Phi) is 4.69. The van der Waals surface area contributed by atoms with Crippen LogP contribution in [-0.2, 0) is 0 Å². The van der Waals surface area contributed by atoms with Crippen LogP contribution in [0.15, 0.2) is 24.3 Å². The van der Waals surface area contributed by atoms with Crippen LogP contribution in [0.4, 0.5) is 8.78 Å². The van der Waals surface area contributed by atoms with E-state index in [0.717, 1.165) is 12.8 Å². The van der Waals surface area contributed by atoms with Crippen LogP contribution in [0.5, 0.6) is 11.5 Å². The molecule has 1 aromatic heterocycles. The standard InChI is InChI=1S/C17H15F2NO5/c18-17(19)25-14-4-3-10(5-15(14)24-8-9-1-2-9)12-6-11(16(22)23)13(7-21)20-12/h3-7,9,17,20H,1-2,8H2,(H,22,23). The maximum absolute atomic E-state index is 12.5. The number of hydrogen-bond donors (Lipinski definition) is 2. The Morgan fingerprint density at radius 3 is 2.64 bits per heavy atom. The van der Waals surface area contributed by atoms with Gasteiger partial charge in [0, 0.05) is 11.3 Å². The summed E-state index contributed by atoms with van der Waals surface area (Å²) in [6.07, 6.45) is 2.48. The number of carboxylic acid groups (broad SMARTS) is 1. The van der Waals surface area contributed by atoms with Crippen molar-refractivity contribution in [2.24, 2.45) is 5.92 Å². The number of carbonyl (C=O) groups is 2. The highest BCUT2D eigenvalue weighted by molar-refractivity contribution is 5.98. The van der Waals surface area contributed by atoms with Gasteiger partial charge < -0.3 is 19.6 Å². The van der Waals surface area contributed by atoms with Gasteiger partial charge in [0.15, 0.2) is 17.8 Å². The number of carbonyl (C=O) groups excluding carboxylic acids is 1. The van der Waals surface area contributed by atoms with Crippen LogP contribution in [0.25, 0.3) is 11.3 Å². The molecule has 1 aromatic carbocycles. The molecule has 0 spiro atoms. The van der Waals surface area contributed by atoms with E-state index in [9.17, 15) is 18.4 Å². The highest BCUT2D eigenvalue weighted by Gasteiger charge is 2.23. The van der Waals surface area contributed by atoms with Crippen molar-refractivity contribution in [2.45, 2.75) is 19.5 Å². The summed E-state index contributed by atoms with van der Waals surface area (Å²) in [5, 5.41) is 9.10. The van der Waals surface area contributed by atoms with Crippen LogP contribution in [-0.4, -0.2) is 35.6 Å². The summed E-state index contributed by atoms with van der Waals surface area (Å²) in [5.74, 6) is -0.787. The third-order valence-corrected chi connectivity index (χ3v) is 3.84. The van der Waals surface area contributed by atoms with Gasteiger partial charge in [-0.25, -0.2) is 4.79 Å². The number of alkyl halides is 2. The molecule has 0 radical (unpaired) electrons. The van der Waals surface area contributed by atoms with E-state index < -0.39 is 12.6 Å². The monoisotopic (exact) mass is 351 g/mol. The summed E-state index contributed by atoms with van der Waals surface area (Å²) in [5.41, 5.74) is 0.608. The first kappa shape index (κ1) is 16.9. The molecule has 25 heavy (non-hydrogen) atoms. The first-order valence-electron chi connectivity index (χ1n) is 7.61. The van der Waals surface area contributed by atoms with Gasteiger partial charge in [-0.1, -0.05) is 0 Å². The molecule has 0 bridgehead atoms.